The highest BCUT2D eigenvalue weighted by Crippen LogP contribution is 2.42. The maximum absolute atomic E-state index is 6.33. The summed E-state index contributed by atoms with van der Waals surface area (Å²) in [4.78, 5) is 7.37. The van der Waals surface area contributed by atoms with Gasteiger partial charge < -0.3 is 24.8 Å². The van der Waals surface area contributed by atoms with Crippen molar-refractivity contribution in [1.29, 1.82) is 0 Å². The third-order valence-electron chi connectivity index (χ3n) is 6.23. The van der Waals surface area contributed by atoms with E-state index in [0.717, 1.165) is 68.4 Å². The number of nitrogens with zero attached hydrogens (tertiary/aromatic N) is 2. The lowest BCUT2D eigenvalue weighted by Crippen LogP contribution is -2.46. The lowest BCUT2D eigenvalue weighted by molar-refractivity contribution is 0.0111. The van der Waals surface area contributed by atoms with E-state index in [1.165, 1.54) is 11.1 Å². The van der Waals surface area contributed by atoms with Crippen molar-refractivity contribution in [2.24, 2.45) is 0 Å². The van der Waals surface area contributed by atoms with E-state index in [1.54, 1.807) is 14.2 Å². The Kier molecular flexibility index (Phi) is 7.27. The van der Waals surface area contributed by atoms with Gasteiger partial charge in [0.15, 0.2) is 11.5 Å². The molecular weight excluding hydrogens is 392 g/mol. The first-order valence-corrected chi connectivity index (χ1v) is 11.2. The molecule has 2 unspecified atom stereocenters. The minimum Gasteiger partial charge on any atom is -0.493 e. The molecule has 0 aliphatic carbocycles. The smallest absolute Gasteiger partial charge is 0.161 e. The molecule has 4 rings (SSSR count). The number of pyridine rings is 1. The van der Waals surface area contributed by atoms with Crippen LogP contribution in [-0.2, 0) is 11.2 Å². The zero-order valence-corrected chi connectivity index (χ0v) is 18.8. The largest absolute Gasteiger partial charge is 0.493 e. The number of nitrogens with one attached hydrogen (secondary N) is 2. The van der Waals surface area contributed by atoms with Gasteiger partial charge in [0, 0.05) is 38.9 Å². The molecular formula is C24H34N4O3. The minimum absolute atomic E-state index is 0.0140. The van der Waals surface area contributed by atoms with Gasteiger partial charge in [0.05, 0.1) is 44.4 Å². The van der Waals surface area contributed by atoms with Gasteiger partial charge in [0.2, 0.25) is 0 Å². The van der Waals surface area contributed by atoms with Crippen LogP contribution in [0.5, 0.6) is 11.5 Å². The first kappa shape index (κ1) is 21.9. The fourth-order valence-corrected chi connectivity index (χ4v) is 4.70. The van der Waals surface area contributed by atoms with Crippen LogP contribution in [0, 0.1) is 0 Å². The van der Waals surface area contributed by atoms with Crippen molar-refractivity contribution in [2.75, 3.05) is 58.9 Å². The highest BCUT2D eigenvalue weighted by Gasteiger charge is 2.32. The molecule has 2 N–H and O–H groups in total. The van der Waals surface area contributed by atoms with Gasteiger partial charge in [-0.05, 0) is 55.2 Å². The van der Waals surface area contributed by atoms with Gasteiger partial charge in [-0.15, -0.1) is 0 Å². The SMILES string of the molecule is CCNc1cccnc1C(CC1OCCc2cc(OC)c(OC)cc21)N1CCNCC1. The Balaban J connectivity index is 1.69. The maximum atomic E-state index is 6.33. The number of hydrogen-bond acceptors (Lipinski definition) is 7. The van der Waals surface area contributed by atoms with Crippen LogP contribution >= 0.6 is 0 Å². The Morgan fingerprint density at radius 3 is 2.74 bits per heavy atom. The number of rotatable bonds is 8. The fraction of sp³-hybridized carbons (Fsp3) is 0.542. The van der Waals surface area contributed by atoms with E-state index in [1.807, 2.05) is 12.3 Å². The second-order valence-electron chi connectivity index (χ2n) is 8.02. The van der Waals surface area contributed by atoms with Crippen LogP contribution in [0.4, 0.5) is 5.69 Å². The lowest BCUT2D eigenvalue weighted by Gasteiger charge is -2.38. The predicted octanol–water partition coefficient (Wildman–Crippen LogP) is 3.18. The van der Waals surface area contributed by atoms with Crippen LogP contribution < -0.4 is 20.1 Å². The van der Waals surface area contributed by atoms with E-state index >= 15 is 0 Å². The van der Waals surface area contributed by atoms with E-state index in [0.29, 0.717) is 6.61 Å². The highest BCUT2D eigenvalue weighted by atomic mass is 16.5. The first-order valence-electron chi connectivity index (χ1n) is 11.2. The fourth-order valence-electron chi connectivity index (χ4n) is 4.70. The molecule has 2 aliphatic heterocycles. The van der Waals surface area contributed by atoms with Gasteiger partial charge in [-0.25, -0.2) is 0 Å². The van der Waals surface area contributed by atoms with Crippen LogP contribution in [0.2, 0.25) is 0 Å². The van der Waals surface area contributed by atoms with E-state index < -0.39 is 0 Å². The number of methoxy groups -OCH3 is 2. The average Bonchev–Trinajstić information content (AvgIpc) is 2.83. The van der Waals surface area contributed by atoms with Gasteiger partial charge in [-0.2, -0.15) is 0 Å². The van der Waals surface area contributed by atoms with Gasteiger partial charge in [0.1, 0.15) is 0 Å². The predicted molar refractivity (Wildman–Crippen MR) is 122 cm³/mol. The number of hydrogen-bond donors (Lipinski definition) is 2. The molecule has 1 aromatic heterocycles. The summed E-state index contributed by atoms with van der Waals surface area (Å²) in [5, 5.41) is 6.97. The summed E-state index contributed by atoms with van der Waals surface area (Å²) < 4.78 is 17.4. The van der Waals surface area contributed by atoms with E-state index in [2.05, 4.69) is 40.7 Å². The van der Waals surface area contributed by atoms with Crippen molar-refractivity contribution >= 4 is 5.69 Å². The van der Waals surface area contributed by atoms with Crippen molar-refractivity contribution in [3.63, 3.8) is 0 Å². The Bertz CT molecular complexity index is 870. The molecule has 1 aromatic carbocycles. The van der Waals surface area contributed by atoms with Crippen LogP contribution in [0.25, 0.3) is 0 Å². The summed E-state index contributed by atoms with van der Waals surface area (Å²) in [6, 6.07) is 8.50. The Morgan fingerprint density at radius 2 is 2.00 bits per heavy atom. The average molecular weight is 427 g/mol. The van der Waals surface area contributed by atoms with Crippen molar-refractivity contribution in [1.82, 2.24) is 15.2 Å². The molecule has 7 nitrogen and oxygen atoms in total. The molecule has 0 bridgehead atoms. The lowest BCUT2D eigenvalue weighted by atomic mass is 9.90. The van der Waals surface area contributed by atoms with E-state index in [4.69, 9.17) is 19.2 Å². The molecule has 0 saturated carbocycles. The van der Waals surface area contributed by atoms with Crippen molar-refractivity contribution in [3.05, 3.63) is 47.3 Å². The Morgan fingerprint density at radius 1 is 1.23 bits per heavy atom. The molecule has 3 heterocycles. The zero-order valence-electron chi connectivity index (χ0n) is 18.8. The molecule has 0 radical (unpaired) electrons. The molecule has 7 heteroatoms. The molecule has 2 aliphatic rings. The van der Waals surface area contributed by atoms with Crippen LogP contribution in [0.3, 0.4) is 0 Å². The molecule has 2 atom stereocenters. The summed E-state index contributed by atoms with van der Waals surface area (Å²) in [6.07, 6.45) is 3.61. The number of fused-ring (bicyclic) bond motifs is 1. The van der Waals surface area contributed by atoms with Crippen molar-refractivity contribution in [2.45, 2.75) is 31.9 Å². The molecule has 1 fully saturated rings. The zero-order chi connectivity index (χ0) is 21.6. The third kappa shape index (κ3) is 4.79. The Hall–Kier alpha value is -2.35. The topological polar surface area (TPSA) is 67.9 Å². The minimum atomic E-state index is -0.0140. The van der Waals surface area contributed by atoms with Gasteiger partial charge >= 0.3 is 0 Å². The van der Waals surface area contributed by atoms with E-state index in [-0.39, 0.29) is 12.1 Å². The van der Waals surface area contributed by atoms with Crippen LogP contribution in [-0.4, -0.2) is 63.4 Å². The Labute approximate surface area is 185 Å². The number of ether oxygens (including phenoxy) is 3. The van der Waals surface area contributed by atoms with Crippen molar-refractivity contribution in [3.8, 4) is 11.5 Å². The summed E-state index contributed by atoms with van der Waals surface area (Å²) >= 11 is 0. The summed E-state index contributed by atoms with van der Waals surface area (Å²) in [7, 11) is 3.37. The standard InChI is InChI=1S/C24H34N4O3/c1-4-26-19-6-5-8-27-24(19)20(28-11-9-25-10-12-28)16-21-18-15-23(30-3)22(29-2)14-17(18)7-13-31-21/h5-6,8,14-15,20-21,25-26H,4,7,9-13,16H2,1-3H3. The van der Waals surface area contributed by atoms with Gasteiger partial charge in [-0.1, -0.05) is 0 Å². The van der Waals surface area contributed by atoms with Crippen LogP contribution in [0.1, 0.15) is 42.3 Å². The summed E-state index contributed by atoms with van der Waals surface area (Å²) in [5.74, 6) is 1.53. The van der Waals surface area contributed by atoms with Crippen LogP contribution in [0.15, 0.2) is 30.5 Å². The third-order valence-corrected chi connectivity index (χ3v) is 6.23. The molecule has 31 heavy (non-hydrogen) atoms. The summed E-state index contributed by atoms with van der Waals surface area (Å²) in [6.45, 7) is 7.68. The number of benzene rings is 1. The normalized spacial score (nSPS) is 20.0. The summed E-state index contributed by atoms with van der Waals surface area (Å²) in [5.41, 5.74) is 4.69. The van der Waals surface area contributed by atoms with Gasteiger partial charge in [0.25, 0.3) is 0 Å². The first-order chi connectivity index (χ1) is 15.2. The van der Waals surface area contributed by atoms with Crippen molar-refractivity contribution < 1.29 is 14.2 Å². The quantitative estimate of drug-likeness (QED) is 0.672. The number of anilines is 1. The number of piperazine rings is 1. The molecule has 168 valence electrons. The molecule has 2 aromatic rings. The van der Waals surface area contributed by atoms with Gasteiger partial charge in [-0.3, -0.25) is 9.88 Å². The maximum Gasteiger partial charge on any atom is 0.161 e. The molecule has 1 saturated heterocycles. The van der Waals surface area contributed by atoms with E-state index in [9.17, 15) is 0 Å². The number of aromatic nitrogens is 1. The highest BCUT2D eigenvalue weighted by molar-refractivity contribution is 5.51. The molecule has 0 spiro atoms. The monoisotopic (exact) mass is 426 g/mol. The second-order valence-corrected chi connectivity index (χ2v) is 8.02. The second kappa shape index (κ2) is 10.3. The molecule has 0 amide bonds.